The second-order valence-electron chi connectivity index (χ2n) is 3.08. The Labute approximate surface area is 79.5 Å². The molecule has 13 heavy (non-hydrogen) atoms. The molecule has 0 fully saturated rings. The number of H-pyrrole nitrogens is 1. The summed E-state index contributed by atoms with van der Waals surface area (Å²) < 4.78 is 0. The molecule has 0 aliphatic carbocycles. The number of nitrogens with one attached hydrogen (secondary N) is 1. The quantitative estimate of drug-likeness (QED) is 0.720. The Bertz CT molecular complexity index is 382. The van der Waals surface area contributed by atoms with E-state index in [2.05, 4.69) is 36.8 Å². The Kier molecular flexibility index (Phi) is 3.56. The van der Waals surface area contributed by atoms with Crippen molar-refractivity contribution in [1.29, 1.82) is 0 Å². The number of allylic oxidation sites excluding steroid dienone is 1. The van der Waals surface area contributed by atoms with Gasteiger partial charge < -0.3 is 4.98 Å². The fraction of sp³-hybridized carbons (Fsp3) is 0.333. The minimum atomic E-state index is 1.13. The zero-order valence-corrected chi connectivity index (χ0v) is 8.43. The molecule has 0 saturated heterocycles. The van der Waals surface area contributed by atoms with Gasteiger partial charge in [0.1, 0.15) is 0 Å². The van der Waals surface area contributed by atoms with E-state index in [1.54, 1.807) is 0 Å². The lowest BCUT2D eigenvalue weighted by molar-refractivity contribution is 0.918. The molecule has 0 saturated carbocycles. The van der Waals surface area contributed by atoms with Gasteiger partial charge in [0, 0.05) is 16.8 Å². The van der Waals surface area contributed by atoms with E-state index in [0.717, 1.165) is 6.42 Å². The van der Waals surface area contributed by atoms with E-state index in [0.29, 0.717) is 0 Å². The highest BCUT2D eigenvalue weighted by molar-refractivity contribution is 5.40. The standard InChI is InChI=1S/C12H17N/c1-4-7-10-9-13-12(6-3)11(10)8-5-2/h5-6,8-9,13H,2,4,7H2,1,3H3/b11-8-,12-6+. The van der Waals surface area contributed by atoms with Gasteiger partial charge in [0.05, 0.1) is 0 Å². The van der Waals surface area contributed by atoms with Gasteiger partial charge >= 0.3 is 0 Å². The van der Waals surface area contributed by atoms with Crippen molar-refractivity contribution in [3.05, 3.63) is 35.0 Å². The van der Waals surface area contributed by atoms with Crippen LogP contribution in [0.5, 0.6) is 0 Å². The number of hydrogen-bond acceptors (Lipinski definition) is 0. The van der Waals surface area contributed by atoms with Crippen molar-refractivity contribution < 1.29 is 0 Å². The van der Waals surface area contributed by atoms with Crippen LogP contribution in [0.15, 0.2) is 18.9 Å². The molecule has 0 unspecified atom stereocenters. The molecule has 0 bridgehead atoms. The van der Waals surface area contributed by atoms with Gasteiger partial charge in [0.15, 0.2) is 0 Å². The van der Waals surface area contributed by atoms with E-state index in [1.807, 2.05) is 13.0 Å². The van der Waals surface area contributed by atoms with Gasteiger partial charge in [0.2, 0.25) is 0 Å². The molecule has 1 aromatic rings. The molecule has 0 spiro atoms. The molecule has 1 aromatic heterocycles. The Hall–Kier alpha value is -1.24. The van der Waals surface area contributed by atoms with Gasteiger partial charge in [-0.15, -0.1) is 0 Å². The number of aromatic amines is 1. The third-order valence-electron chi connectivity index (χ3n) is 2.13. The van der Waals surface area contributed by atoms with Crippen molar-refractivity contribution in [1.82, 2.24) is 4.98 Å². The largest absolute Gasteiger partial charge is 0.361 e. The average molecular weight is 175 g/mol. The van der Waals surface area contributed by atoms with E-state index >= 15 is 0 Å². The van der Waals surface area contributed by atoms with Crippen LogP contribution in [0.3, 0.4) is 0 Å². The SMILES string of the molecule is C=C/C=c1/c(CCC)c[nH]/c1=C/C. The van der Waals surface area contributed by atoms with Crippen LogP contribution in [0, 0.1) is 0 Å². The van der Waals surface area contributed by atoms with Crippen molar-refractivity contribution in [2.75, 3.05) is 0 Å². The third-order valence-corrected chi connectivity index (χ3v) is 2.13. The summed E-state index contributed by atoms with van der Waals surface area (Å²) in [5.41, 5.74) is 1.38. The molecule has 0 atom stereocenters. The van der Waals surface area contributed by atoms with Crippen molar-refractivity contribution in [2.24, 2.45) is 0 Å². The maximum absolute atomic E-state index is 3.73. The maximum atomic E-state index is 3.73. The minimum Gasteiger partial charge on any atom is -0.361 e. The van der Waals surface area contributed by atoms with Gasteiger partial charge in [-0.05, 0) is 18.9 Å². The second kappa shape index (κ2) is 4.70. The highest BCUT2D eigenvalue weighted by Gasteiger charge is 1.95. The van der Waals surface area contributed by atoms with Crippen LogP contribution >= 0.6 is 0 Å². The highest BCUT2D eigenvalue weighted by atomic mass is 14.7. The fourth-order valence-corrected chi connectivity index (χ4v) is 1.52. The number of aromatic nitrogens is 1. The summed E-state index contributed by atoms with van der Waals surface area (Å²) >= 11 is 0. The monoisotopic (exact) mass is 175 g/mol. The van der Waals surface area contributed by atoms with Crippen LogP contribution < -0.4 is 10.6 Å². The summed E-state index contributed by atoms with van der Waals surface area (Å²) in [5, 5.41) is 2.49. The first kappa shape index (κ1) is 9.85. The third kappa shape index (κ3) is 2.11. The Morgan fingerprint density at radius 2 is 2.31 bits per heavy atom. The lowest BCUT2D eigenvalue weighted by Crippen LogP contribution is -2.24. The van der Waals surface area contributed by atoms with Crippen molar-refractivity contribution in [3.8, 4) is 0 Å². The molecule has 1 N–H and O–H groups in total. The molecule has 1 heterocycles. The van der Waals surface area contributed by atoms with E-state index < -0.39 is 0 Å². The van der Waals surface area contributed by atoms with Gasteiger partial charge in [-0.3, -0.25) is 0 Å². The van der Waals surface area contributed by atoms with Gasteiger partial charge in [-0.25, -0.2) is 0 Å². The molecule has 0 radical (unpaired) electrons. The van der Waals surface area contributed by atoms with E-state index in [1.165, 1.54) is 22.6 Å². The molecule has 0 aliphatic rings. The summed E-state index contributed by atoms with van der Waals surface area (Å²) in [6.45, 7) is 7.97. The Balaban J connectivity index is 3.31. The van der Waals surface area contributed by atoms with Crippen molar-refractivity contribution in [2.45, 2.75) is 26.7 Å². The first-order valence-electron chi connectivity index (χ1n) is 4.78. The number of hydrogen-bond donors (Lipinski definition) is 1. The van der Waals surface area contributed by atoms with Crippen LogP contribution in [0.25, 0.3) is 12.2 Å². The molecule has 0 amide bonds. The molecule has 0 aromatic carbocycles. The molecule has 70 valence electrons. The minimum absolute atomic E-state index is 1.13. The zero-order valence-electron chi connectivity index (χ0n) is 8.43. The fourth-order valence-electron chi connectivity index (χ4n) is 1.52. The molecule has 1 rings (SSSR count). The number of aryl methyl sites for hydroxylation is 1. The first-order valence-corrected chi connectivity index (χ1v) is 4.78. The summed E-state index contributed by atoms with van der Waals surface area (Å²) in [6.07, 6.45) is 10.4. The summed E-state index contributed by atoms with van der Waals surface area (Å²) in [7, 11) is 0. The first-order chi connectivity index (χ1) is 6.33. The lowest BCUT2D eigenvalue weighted by atomic mass is 10.1. The molecule has 1 heteroatoms. The topological polar surface area (TPSA) is 15.8 Å². The highest BCUT2D eigenvalue weighted by Crippen LogP contribution is 1.92. The van der Waals surface area contributed by atoms with E-state index in [4.69, 9.17) is 0 Å². The van der Waals surface area contributed by atoms with Gasteiger partial charge in [-0.2, -0.15) is 0 Å². The van der Waals surface area contributed by atoms with Crippen LogP contribution in [0.1, 0.15) is 25.8 Å². The Morgan fingerprint density at radius 3 is 2.85 bits per heavy atom. The molecular weight excluding hydrogens is 158 g/mol. The second-order valence-corrected chi connectivity index (χ2v) is 3.08. The Morgan fingerprint density at radius 1 is 1.54 bits per heavy atom. The van der Waals surface area contributed by atoms with Crippen molar-refractivity contribution in [3.63, 3.8) is 0 Å². The van der Waals surface area contributed by atoms with E-state index in [9.17, 15) is 0 Å². The van der Waals surface area contributed by atoms with Crippen LogP contribution in [0.2, 0.25) is 0 Å². The zero-order chi connectivity index (χ0) is 9.68. The summed E-state index contributed by atoms with van der Waals surface area (Å²) in [6, 6.07) is 0. The van der Waals surface area contributed by atoms with Gasteiger partial charge in [0.25, 0.3) is 0 Å². The summed E-state index contributed by atoms with van der Waals surface area (Å²) in [4.78, 5) is 3.26. The lowest BCUT2D eigenvalue weighted by Gasteiger charge is -1.90. The maximum Gasteiger partial charge on any atom is 0.0413 e. The summed E-state index contributed by atoms with van der Waals surface area (Å²) in [5.74, 6) is 0. The van der Waals surface area contributed by atoms with Crippen molar-refractivity contribution >= 4 is 12.2 Å². The predicted molar refractivity (Wildman–Crippen MR) is 58.8 cm³/mol. The smallest absolute Gasteiger partial charge is 0.0413 e. The van der Waals surface area contributed by atoms with Crippen LogP contribution in [-0.2, 0) is 6.42 Å². The molecule has 1 nitrogen and oxygen atoms in total. The normalized spacial score (nSPS) is 13.7. The number of rotatable bonds is 3. The average Bonchev–Trinajstić information content (AvgIpc) is 2.50. The molecule has 0 aliphatic heterocycles. The van der Waals surface area contributed by atoms with Gasteiger partial charge in [-0.1, -0.05) is 38.2 Å². The molecular formula is C12H17N. The van der Waals surface area contributed by atoms with Crippen LogP contribution in [0.4, 0.5) is 0 Å². The van der Waals surface area contributed by atoms with E-state index in [-0.39, 0.29) is 0 Å². The van der Waals surface area contributed by atoms with Crippen LogP contribution in [-0.4, -0.2) is 4.98 Å². The predicted octanol–water partition coefficient (Wildman–Crippen LogP) is 1.73.